The summed E-state index contributed by atoms with van der Waals surface area (Å²) in [7, 11) is 0. The van der Waals surface area contributed by atoms with Gasteiger partial charge >= 0.3 is 6.09 Å². The average Bonchev–Trinajstić information content (AvgIpc) is 1.98. The Kier molecular flexibility index (Phi) is 6.26. The van der Waals surface area contributed by atoms with Crippen molar-refractivity contribution in [1.82, 2.24) is 10.7 Å². The largest absolute Gasteiger partial charge is 0.450 e. The van der Waals surface area contributed by atoms with Gasteiger partial charge in [-0.1, -0.05) is 0 Å². The molecule has 0 aromatic rings. The lowest BCUT2D eigenvalue weighted by molar-refractivity contribution is -0.152. The smallest absolute Gasteiger partial charge is 0.407 e. The summed E-state index contributed by atoms with van der Waals surface area (Å²) in [6.45, 7) is 1.80. The zero-order valence-corrected chi connectivity index (χ0v) is 6.85. The van der Waals surface area contributed by atoms with Crippen molar-refractivity contribution in [3.05, 3.63) is 0 Å². The van der Waals surface area contributed by atoms with E-state index in [-0.39, 0.29) is 26.1 Å². The van der Waals surface area contributed by atoms with Crippen LogP contribution >= 0.6 is 0 Å². The number of halogens is 2. The molecule has 0 bridgehead atoms. The Labute approximate surface area is 69.4 Å². The number of hydrogen-bond donors (Lipinski definition) is 1. The summed E-state index contributed by atoms with van der Waals surface area (Å²) < 4.78 is 27.3. The van der Waals surface area contributed by atoms with Crippen LogP contribution in [0.25, 0.3) is 0 Å². The van der Waals surface area contributed by atoms with Crippen molar-refractivity contribution < 1.29 is 18.5 Å². The molecule has 1 N–H and O–H groups in total. The average molecular weight is 182 g/mol. The predicted molar refractivity (Wildman–Crippen MR) is 38.6 cm³/mol. The third-order valence-corrected chi connectivity index (χ3v) is 1.05. The van der Waals surface area contributed by atoms with Gasteiger partial charge in [-0.25, -0.2) is 4.79 Å². The highest BCUT2D eigenvalue weighted by molar-refractivity contribution is 5.66. The number of ether oxygens (including phenoxy) is 1. The number of nitrogens with one attached hydrogen (secondary N) is 1. The fourth-order valence-electron chi connectivity index (χ4n) is 0.571. The molecule has 6 heteroatoms. The fourth-order valence-corrected chi connectivity index (χ4v) is 0.571. The van der Waals surface area contributed by atoms with Crippen LogP contribution < -0.4 is 5.32 Å². The highest BCUT2D eigenvalue weighted by atomic mass is 19.4. The maximum Gasteiger partial charge on any atom is 0.407 e. The van der Waals surface area contributed by atoms with Crippen molar-refractivity contribution in [2.24, 2.45) is 0 Å². The van der Waals surface area contributed by atoms with Crippen LogP contribution in [0, 0.1) is 0 Å². The first kappa shape index (κ1) is 11.1. The van der Waals surface area contributed by atoms with Crippen molar-refractivity contribution in [2.75, 3.05) is 19.7 Å². The Morgan fingerprint density at radius 1 is 1.58 bits per heavy atom. The number of hydrogen-bond acceptors (Lipinski definition) is 3. The summed E-state index contributed by atoms with van der Waals surface area (Å²) >= 11 is 0. The Morgan fingerprint density at radius 3 is 2.75 bits per heavy atom. The van der Waals surface area contributed by atoms with Gasteiger partial charge < -0.3 is 10.1 Å². The van der Waals surface area contributed by atoms with Crippen molar-refractivity contribution in [2.45, 2.75) is 13.3 Å². The van der Waals surface area contributed by atoms with E-state index in [9.17, 15) is 13.8 Å². The van der Waals surface area contributed by atoms with E-state index in [0.29, 0.717) is 0 Å². The van der Waals surface area contributed by atoms with Crippen molar-refractivity contribution in [1.29, 1.82) is 0 Å². The molecule has 0 heterocycles. The summed E-state index contributed by atoms with van der Waals surface area (Å²) in [5.41, 5.74) is 0. The number of amides is 1. The zero-order valence-electron chi connectivity index (χ0n) is 6.85. The molecule has 0 saturated heterocycles. The van der Waals surface area contributed by atoms with Crippen LogP contribution in [0.1, 0.15) is 13.3 Å². The number of carbonyl (C=O) groups excluding carboxylic acids is 1. The van der Waals surface area contributed by atoms with Crippen LogP contribution in [0.5, 0.6) is 0 Å². The van der Waals surface area contributed by atoms with Gasteiger partial charge in [-0.15, -0.1) is 8.96 Å². The summed E-state index contributed by atoms with van der Waals surface area (Å²) in [6, 6.07) is 0. The molecular formula is C6H12F2N2O2. The summed E-state index contributed by atoms with van der Waals surface area (Å²) in [5, 5.41) is 1.39. The van der Waals surface area contributed by atoms with Gasteiger partial charge in [-0.2, -0.15) is 0 Å². The van der Waals surface area contributed by atoms with Gasteiger partial charge in [0, 0.05) is 11.9 Å². The first-order valence-corrected chi connectivity index (χ1v) is 3.66. The molecule has 0 rings (SSSR count). The second-order valence-electron chi connectivity index (χ2n) is 2.03. The Bertz CT molecular complexity index is 133. The van der Waals surface area contributed by atoms with Crippen LogP contribution in [0.4, 0.5) is 13.8 Å². The van der Waals surface area contributed by atoms with E-state index in [2.05, 4.69) is 10.1 Å². The van der Waals surface area contributed by atoms with Crippen LogP contribution in [0.15, 0.2) is 0 Å². The van der Waals surface area contributed by atoms with E-state index >= 15 is 0 Å². The maximum atomic E-state index is 11.4. The van der Waals surface area contributed by atoms with Crippen LogP contribution in [-0.4, -0.2) is 31.1 Å². The van der Waals surface area contributed by atoms with Gasteiger partial charge in [0.15, 0.2) is 0 Å². The van der Waals surface area contributed by atoms with Gasteiger partial charge in [0.05, 0.1) is 13.2 Å². The first-order chi connectivity index (χ1) is 5.66. The van der Waals surface area contributed by atoms with Crippen molar-refractivity contribution >= 4 is 6.09 Å². The minimum atomic E-state index is -0.924. The molecule has 0 aromatic heterocycles. The monoisotopic (exact) mass is 182 g/mol. The van der Waals surface area contributed by atoms with E-state index in [1.54, 1.807) is 6.92 Å². The van der Waals surface area contributed by atoms with E-state index < -0.39 is 11.4 Å². The molecule has 0 saturated carbocycles. The van der Waals surface area contributed by atoms with Crippen molar-refractivity contribution in [3.8, 4) is 0 Å². The molecule has 0 aliphatic carbocycles. The molecule has 12 heavy (non-hydrogen) atoms. The molecule has 0 aliphatic heterocycles. The Morgan fingerprint density at radius 2 is 2.25 bits per heavy atom. The molecule has 4 nitrogen and oxygen atoms in total. The summed E-state index contributed by atoms with van der Waals surface area (Å²) in [4.78, 5) is 10.6. The zero-order chi connectivity index (χ0) is 9.40. The summed E-state index contributed by atoms with van der Waals surface area (Å²) in [6.07, 6.45) is -0.368. The Balaban J connectivity index is 3.14. The molecule has 0 unspecified atom stereocenters. The third kappa shape index (κ3) is 7.20. The molecule has 0 atom stereocenters. The lowest BCUT2D eigenvalue weighted by atomic mass is 10.4. The lowest BCUT2D eigenvalue weighted by Crippen LogP contribution is -2.26. The standard InChI is InChI=1S/C6H12F2N2O2/c1-2-12-6(11)9-4-3-5-10(7)8/h2-5H2,1H3,(H,9,11). The molecule has 1 amide bonds. The van der Waals surface area contributed by atoms with Crippen LogP contribution in [0.2, 0.25) is 0 Å². The molecular weight excluding hydrogens is 170 g/mol. The van der Waals surface area contributed by atoms with Crippen LogP contribution in [-0.2, 0) is 4.74 Å². The Hall–Kier alpha value is -0.910. The van der Waals surface area contributed by atoms with E-state index in [1.165, 1.54) is 0 Å². The quantitative estimate of drug-likeness (QED) is 0.513. The number of carbonyl (C=O) groups is 1. The molecule has 72 valence electrons. The van der Waals surface area contributed by atoms with E-state index in [1.807, 2.05) is 0 Å². The number of rotatable bonds is 5. The topological polar surface area (TPSA) is 41.6 Å². The van der Waals surface area contributed by atoms with Gasteiger partial charge in [0.1, 0.15) is 0 Å². The van der Waals surface area contributed by atoms with Gasteiger partial charge in [-0.3, -0.25) is 0 Å². The lowest BCUT2D eigenvalue weighted by Gasteiger charge is -2.04. The minimum Gasteiger partial charge on any atom is -0.450 e. The van der Waals surface area contributed by atoms with Crippen molar-refractivity contribution in [3.63, 3.8) is 0 Å². The number of nitrogens with zero attached hydrogens (tertiary/aromatic N) is 1. The second kappa shape index (κ2) is 6.78. The SMILES string of the molecule is CCOC(=O)NCCCN(F)F. The summed E-state index contributed by atoms with van der Waals surface area (Å²) in [5.74, 6) is 0. The molecule has 0 aromatic carbocycles. The first-order valence-electron chi connectivity index (χ1n) is 3.66. The molecule has 0 spiro atoms. The third-order valence-electron chi connectivity index (χ3n) is 1.05. The van der Waals surface area contributed by atoms with Gasteiger partial charge in [0.2, 0.25) is 0 Å². The highest BCUT2D eigenvalue weighted by Gasteiger charge is 2.01. The molecule has 0 aliphatic rings. The van der Waals surface area contributed by atoms with Crippen LogP contribution in [0.3, 0.4) is 0 Å². The highest BCUT2D eigenvalue weighted by Crippen LogP contribution is 1.90. The molecule has 0 radical (unpaired) electrons. The predicted octanol–water partition coefficient (Wildman–Crippen LogP) is 1.19. The van der Waals surface area contributed by atoms with E-state index in [4.69, 9.17) is 0 Å². The normalized spacial score (nSPS) is 10.0. The van der Waals surface area contributed by atoms with Gasteiger partial charge in [-0.05, 0) is 13.3 Å². The number of alkyl carbamates (subject to hydrolysis) is 1. The second-order valence-corrected chi connectivity index (χ2v) is 2.03. The maximum absolute atomic E-state index is 11.4. The van der Waals surface area contributed by atoms with E-state index in [0.717, 1.165) is 0 Å². The minimum absolute atomic E-state index is 0.198. The van der Waals surface area contributed by atoms with Gasteiger partial charge in [0.25, 0.3) is 0 Å². The molecule has 0 fully saturated rings. The fraction of sp³-hybridized carbons (Fsp3) is 0.833.